The van der Waals surface area contributed by atoms with Gasteiger partial charge in [0.05, 0.1) is 10.4 Å². The average molecular weight is 441 g/mol. The van der Waals surface area contributed by atoms with E-state index in [-0.39, 0.29) is 40.0 Å². The van der Waals surface area contributed by atoms with Crippen molar-refractivity contribution in [3.63, 3.8) is 0 Å². The minimum absolute atomic E-state index is 0.0207. The van der Waals surface area contributed by atoms with Crippen molar-refractivity contribution in [3.8, 4) is 5.75 Å². The Balaban J connectivity index is 1.65. The van der Waals surface area contributed by atoms with Crippen LogP contribution in [-0.4, -0.2) is 48.5 Å². The fourth-order valence-corrected chi connectivity index (χ4v) is 4.94. The van der Waals surface area contributed by atoms with E-state index in [0.29, 0.717) is 4.70 Å². The summed E-state index contributed by atoms with van der Waals surface area (Å²) in [6.07, 6.45) is -5.48. The van der Waals surface area contributed by atoms with Crippen molar-refractivity contribution in [2.24, 2.45) is 0 Å². The number of hydrogen-bond acceptors (Lipinski definition) is 5. The molecule has 1 spiro atoms. The highest BCUT2D eigenvalue weighted by atomic mass is 35.5. The van der Waals surface area contributed by atoms with Gasteiger partial charge in [-0.1, -0.05) is 23.2 Å². The van der Waals surface area contributed by atoms with E-state index in [1.165, 1.54) is 11.0 Å². The van der Waals surface area contributed by atoms with Crippen molar-refractivity contribution >= 4 is 56.6 Å². The van der Waals surface area contributed by atoms with Crippen molar-refractivity contribution in [1.82, 2.24) is 10.2 Å². The Kier molecular flexibility index (Phi) is 4.13. The van der Waals surface area contributed by atoms with Crippen LogP contribution in [0.1, 0.15) is 9.67 Å². The van der Waals surface area contributed by atoms with Gasteiger partial charge in [0.1, 0.15) is 22.8 Å². The first-order valence-corrected chi connectivity index (χ1v) is 9.06. The number of thiophene rings is 1. The van der Waals surface area contributed by atoms with Crippen molar-refractivity contribution in [3.05, 3.63) is 27.1 Å². The molecule has 1 N–H and O–H groups in total. The predicted octanol–water partition coefficient (Wildman–Crippen LogP) is 4.04. The molecule has 3 heterocycles. The normalized spacial score (nSPS) is 18.4. The van der Waals surface area contributed by atoms with Crippen molar-refractivity contribution in [1.29, 1.82) is 0 Å². The third-order valence-electron chi connectivity index (χ3n) is 4.20. The molecule has 0 bridgehead atoms. The van der Waals surface area contributed by atoms with Gasteiger partial charge in [-0.15, -0.1) is 24.5 Å². The molecule has 1 aromatic heterocycles. The Morgan fingerprint density at radius 3 is 2.63 bits per heavy atom. The molecule has 2 saturated heterocycles. The van der Waals surface area contributed by atoms with Crippen LogP contribution >= 0.6 is 34.5 Å². The molecule has 27 heavy (non-hydrogen) atoms. The standard InChI is InChI=1S/C15H9Cl2F3N2O4S/c16-6-1-7(26-15(18,19)20)9-8(2-6)27-11(10(9)17)12(23)22-3-14(4-22)5-25-13(24)21-14/h1-2H,3-5H2,(H,21,24). The molecule has 0 atom stereocenters. The van der Waals surface area contributed by atoms with Gasteiger partial charge in [-0.05, 0) is 12.1 Å². The maximum absolute atomic E-state index is 12.7. The lowest BCUT2D eigenvalue weighted by Crippen LogP contribution is -2.69. The molecule has 1 aromatic carbocycles. The summed E-state index contributed by atoms with van der Waals surface area (Å²) in [6, 6.07) is 2.41. The van der Waals surface area contributed by atoms with E-state index in [1.807, 2.05) is 0 Å². The maximum Gasteiger partial charge on any atom is 0.573 e. The Bertz CT molecular complexity index is 972. The summed E-state index contributed by atoms with van der Waals surface area (Å²) in [5.41, 5.74) is -0.621. The molecule has 0 radical (unpaired) electrons. The molecule has 2 aliphatic heterocycles. The van der Waals surface area contributed by atoms with Crippen LogP contribution in [0.25, 0.3) is 10.1 Å². The van der Waals surface area contributed by atoms with E-state index >= 15 is 0 Å². The van der Waals surface area contributed by atoms with Crippen molar-refractivity contribution in [2.75, 3.05) is 19.7 Å². The lowest BCUT2D eigenvalue weighted by atomic mass is 9.91. The van der Waals surface area contributed by atoms with E-state index in [4.69, 9.17) is 27.9 Å². The number of halogens is 5. The summed E-state index contributed by atoms with van der Waals surface area (Å²) in [5, 5.41) is 2.50. The van der Waals surface area contributed by atoms with E-state index in [0.717, 1.165) is 17.4 Å². The van der Waals surface area contributed by atoms with Crippen LogP contribution in [0.2, 0.25) is 10.0 Å². The first-order valence-electron chi connectivity index (χ1n) is 7.48. The number of alkyl carbamates (subject to hydrolysis) is 1. The van der Waals surface area contributed by atoms with Gasteiger partial charge in [-0.3, -0.25) is 4.79 Å². The van der Waals surface area contributed by atoms with Gasteiger partial charge in [0.2, 0.25) is 0 Å². The second kappa shape index (κ2) is 6.05. The van der Waals surface area contributed by atoms with Gasteiger partial charge in [0.15, 0.2) is 0 Å². The molecule has 12 heteroatoms. The van der Waals surface area contributed by atoms with E-state index in [9.17, 15) is 22.8 Å². The number of ether oxygens (including phenoxy) is 2. The zero-order valence-electron chi connectivity index (χ0n) is 13.2. The number of rotatable bonds is 2. The average Bonchev–Trinajstić information content (AvgIpc) is 3.04. The van der Waals surface area contributed by atoms with E-state index < -0.39 is 29.7 Å². The summed E-state index contributed by atoms with van der Waals surface area (Å²) in [7, 11) is 0. The minimum atomic E-state index is -4.93. The second-order valence-corrected chi connectivity index (χ2v) is 8.08. The van der Waals surface area contributed by atoms with E-state index in [1.54, 1.807) is 0 Å². The van der Waals surface area contributed by atoms with Gasteiger partial charge in [-0.2, -0.15) is 0 Å². The molecule has 2 amide bonds. The highest BCUT2D eigenvalue weighted by Gasteiger charge is 2.51. The van der Waals surface area contributed by atoms with Gasteiger partial charge in [-0.25, -0.2) is 4.79 Å². The first-order chi connectivity index (χ1) is 12.6. The van der Waals surface area contributed by atoms with Crippen LogP contribution in [-0.2, 0) is 4.74 Å². The Hall–Kier alpha value is -1.91. The maximum atomic E-state index is 12.7. The molecular weight excluding hydrogens is 432 g/mol. The zero-order chi connectivity index (χ0) is 19.6. The lowest BCUT2D eigenvalue weighted by Gasteiger charge is -2.45. The van der Waals surface area contributed by atoms with Crippen LogP contribution in [0.5, 0.6) is 5.75 Å². The van der Waals surface area contributed by atoms with Crippen molar-refractivity contribution in [2.45, 2.75) is 11.9 Å². The van der Waals surface area contributed by atoms with Gasteiger partial charge >= 0.3 is 12.5 Å². The summed E-state index contributed by atoms with van der Waals surface area (Å²) < 4.78 is 47.1. The molecule has 144 valence electrons. The van der Waals surface area contributed by atoms with Crippen molar-refractivity contribution < 1.29 is 32.2 Å². The quantitative estimate of drug-likeness (QED) is 0.764. The molecule has 2 aromatic rings. The zero-order valence-corrected chi connectivity index (χ0v) is 15.5. The largest absolute Gasteiger partial charge is 0.573 e. The van der Waals surface area contributed by atoms with Crippen LogP contribution in [0.3, 0.4) is 0 Å². The predicted molar refractivity (Wildman–Crippen MR) is 91.6 cm³/mol. The molecule has 2 aliphatic rings. The van der Waals surface area contributed by atoms with E-state index in [2.05, 4.69) is 10.1 Å². The number of hydrogen-bond donors (Lipinski definition) is 1. The monoisotopic (exact) mass is 440 g/mol. The number of carbonyl (C=O) groups excluding carboxylic acids is 2. The number of nitrogens with zero attached hydrogens (tertiary/aromatic N) is 1. The summed E-state index contributed by atoms with van der Waals surface area (Å²) in [4.78, 5) is 25.4. The summed E-state index contributed by atoms with van der Waals surface area (Å²) in [5.74, 6) is -1.02. The van der Waals surface area contributed by atoms with Gasteiger partial charge in [0, 0.05) is 22.8 Å². The van der Waals surface area contributed by atoms with Crippen LogP contribution in [0, 0.1) is 0 Å². The number of nitrogens with one attached hydrogen (secondary N) is 1. The number of alkyl halides is 3. The number of fused-ring (bicyclic) bond motifs is 1. The molecule has 0 saturated carbocycles. The minimum Gasteiger partial charge on any atom is -0.447 e. The topological polar surface area (TPSA) is 67.9 Å². The lowest BCUT2D eigenvalue weighted by molar-refractivity contribution is -0.274. The number of carbonyl (C=O) groups is 2. The van der Waals surface area contributed by atoms with Crippen LogP contribution < -0.4 is 10.1 Å². The van der Waals surface area contributed by atoms with Gasteiger partial charge < -0.3 is 19.7 Å². The molecule has 6 nitrogen and oxygen atoms in total. The SMILES string of the molecule is O=C1NC2(CO1)CN(C(=O)c1sc3cc(Cl)cc(OC(F)(F)F)c3c1Cl)C2. The number of benzene rings is 1. The summed E-state index contributed by atoms with van der Waals surface area (Å²) >= 11 is 13.0. The third-order valence-corrected chi connectivity index (χ3v) is 6.04. The third kappa shape index (κ3) is 3.26. The molecular formula is C15H9Cl2F3N2O4S. The molecule has 0 unspecified atom stereocenters. The summed E-state index contributed by atoms with van der Waals surface area (Å²) in [6.45, 7) is 0.582. The smallest absolute Gasteiger partial charge is 0.447 e. The number of amides is 2. The molecule has 4 rings (SSSR count). The second-order valence-electron chi connectivity index (χ2n) is 6.21. The Morgan fingerprint density at radius 1 is 1.33 bits per heavy atom. The number of likely N-dealkylation sites (tertiary alicyclic amines) is 1. The molecule has 0 aliphatic carbocycles. The molecule has 2 fully saturated rings. The highest BCUT2D eigenvalue weighted by molar-refractivity contribution is 7.21. The Morgan fingerprint density at radius 2 is 2.04 bits per heavy atom. The fraction of sp³-hybridized carbons (Fsp3) is 0.333. The fourth-order valence-electron chi connectivity index (χ4n) is 3.10. The van der Waals surface area contributed by atoms with Gasteiger partial charge in [0.25, 0.3) is 5.91 Å². The first kappa shape index (κ1) is 18.5. The van der Waals surface area contributed by atoms with Crippen LogP contribution in [0.15, 0.2) is 12.1 Å². The van der Waals surface area contributed by atoms with Crippen LogP contribution in [0.4, 0.5) is 18.0 Å². The number of cyclic esters (lactones) is 1. The Labute approximate surface area is 163 Å². The highest BCUT2D eigenvalue weighted by Crippen LogP contribution is 2.45.